The van der Waals surface area contributed by atoms with Crippen LogP contribution in [0.25, 0.3) is 0 Å². The van der Waals surface area contributed by atoms with E-state index in [0.717, 1.165) is 19.3 Å². The first-order valence-corrected chi connectivity index (χ1v) is 6.45. The van der Waals surface area contributed by atoms with Gasteiger partial charge in [-0.15, -0.1) is 0 Å². The summed E-state index contributed by atoms with van der Waals surface area (Å²) in [6.07, 6.45) is 7.78. The lowest BCUT2D eigenvalue weighted by Gasteiger charge is -2.08. The largest absolute Gasteiger partial charge is 0.465 e. The molecule has 1 unspecified atom stereocenters. The highest BCUT2D eigenvalue weighted by Crippen LogP contribution is 2.22. The molecule has 0 bridgehead atoms. The number of esters is 1. The average molecular weight is 226 g/mol. The fraction of sp³-hybridized carbons (Fsp3) is 0.846. The molecule has 0 amide bonds. The number of Topliss-reactive ketones (excluding diaryl/α,β-unsaturated/α-hetero) is 1. The summed E-state index contributed by atoms with van der Waals surface area (Å²) in [4.78, 5) is 22.8. The quantitative estimate of drug-likeness (QED) is 0.381. The van der Waals surface area contributed by atoms with Crippen LogP contribution in [0.1, 0.15) is 58.3 Å². The molecule has 1 fully saturated rings. The van der Waals surface area contributed by atoms with Crippen LogP contribution < -0.4 is 0 Å². The zero-order valence-corrected chi connectivity index (χ0v) is 10.2. The maximum atomic E-state index is 11.5. The van der Waals surface area contributed by atoms with Crippen molar-refractivity contribution in [1.29, 1.82) is 0 Å². The number of rotatable bonds is 7. The van der Waals surface area contributed by atoms with E-state index < -0.39 is 5.92 Å². The van der Waals surface area contributed by atoms with Crippen molar-refractivity contribution in [3.8, 4) is 0 Å². The molecule has 0 aromatic rings. The van der Waals surface area contributed by atoms with E-state index in [9.17, 15) is 9.59 Å². The van der Waals surface area contributed by atoms with Gasteiger partial charge in [0.25, 0.3) is 0 Å². The molecular formula is C13H22O3. The highest BCUT2D eigenvalue weighted by atomic mass is 16.5. The fourth-order valence-corrected chi connectivity index (χ4v) is 2.04. The lowest BCUT2D eigenvalue weighted by atomic mass is 10.1. The molecule has 0 radical (unpaired) electrons. The van der Waals surface area contributed by atoms with Crippen molar-refractivity contribution in [3.63, 3.8) is 0 Å². The van der Waals surface area contributed by atoms with Crippen molar-refractivity contribution in [3.05, 3.63) is 0 Å². The minimum Gasteiger partial charge on any atom is -0.465 e. The van der Waals surface area contributed by atoms with E-state index in [-0.39, 0.29) is 11.8 Å². The molecule has 0 aliphatic heterocycles. The Kier molecular flexibility index (Phi) is 6.12. The van der Waals surface area contributed by atoms with Gasteiger partial charge in [-0.1, -0.05) is 32.6 Å². The second-order valence-corrected chi connectivity index (χ2v) is 4.49. The van der Waals surface area contributed by atoms with Crippen LogP contribution in [0.2, 0.25) is 0 Å². The van der Waals surface area contributed by atoms with Gasteiger partial charge in [0.1, 0.15) is 11.7 Å². The number of ketones is 1. The Morgan fingerprint density at radius 3 is 2.69 bits per heavy atom. The molecule has 0 spiro atoms. The van der Waals surface area contributed by atoms with E-state index in [1.807, 2.05) is 0 Å². The Morgan fingerprint density at radius 2 is 2.06 bits per heavy atom. The van der Waals surface area contributed by atoms with Gasteiger partial charge in [0.2, 0.25) is 0 Å². The number of carbonyl (C=O) groups excluding carboxylic acids is 2. The van der Waals surface area contributed by atoms with Crippen LogP contribution in [0, 0.1) is 5.92 Å². The second kappa shape index (κ2) is 7.42. The van der Waals surface area contributed by atoms with Crippen LogP contribution in [-0.2, 0) is 14.3 Å². The van der Waals surface area contributed by atoms with Crippen molar-refractivity contribution in [1.82, 2.24) is 0 Å². The first-order valence-electron chi connectivity index (χ1n) is 6.45. The molecule has 1 rings (SSSR count). The first-order chi connectivity index (χ1) is 7.75. The Labute approximate surface area is 97.5 Å². The number of unbranched alkanes of at least 4 members (excludes halogenated alkanes) is 4. The lowest BCUT2D eigenvalue weighted by Crippen LogP contribution is -2.21. The molecule has 1 saturated carbocycles. The van der Waals surface area contributed by atoms with E-state index in [4.69, 9.17) is 4.74 Å². The van der Waals surface area contributed by atoms with Gasteiger partial charge in [0, 0.05) is 6.42 Å². The van der Waals surface area contributed by atoms with Crippen LogP contribution in [0.5, 0.6) is 0 Å². The third kappa shape index (κ3) is 4.33. The van der Waals surface area contributed by atoms with E-state index in [1.165, 1.54) is 19.3 Å². The van der Waals surface area contributed by atoms with Gasteiger partial charge in [-0.25, -0.2) is 0 Å². The van der Waals surface area contributed by atoms with Crippen LogP contribution in [-0.4, -0.2) is 18.4 Å². The molecule has 92 valence electrons. The highest BCUT2D eigenvalue weighted by Gasteiger charge is 2.31. The van der Waals surface area contributed by atoms with E-state index in [0.29, 0.717) is 19.4 Å². The predicted octanol–water partition coefficient (Wildman–Crippen LogP) is 2.87. The third-order valence-electron chi connectivity index (χ3n) is 3.08. The molecule has 1 aliphatic carbocycles. The molecule has 1 atom stereocenters. The number of hydrogen-bond donors (Lipinski definition) is 0. The van der Waals surface area contributed by atoms with Crippen LogP contribution in [0.4, 0.5) is 0 Å². The average Bonchev–Trinajstić information content (AvgIpc) is 2.69. The summed E-state index contributed by atoms with van der Waals surface area (Å²) in [5, 5.41) is 0. The SMILES string of the molecule is CCCCCCCOC(=O)C1CCCC1=O. The molecule has 0 aromatic heterocycles. The zero-order valence-electron chi connectivity index (χ0n) is 10.2. The molecular weight excluding hydrogens is 204 g/mol. The van der Waals surface area contributed by atoms with Gasteiger partial charge in [-0.05, 0) is 19.3 Å². The number of carbonyl (C=O) groups is 2. The molecule has 16 heavy (non-hydrogen) atoms. The maximum Gasteiger partial charge on any atom is 0.316 e. The molecule has 0 aromatic carbocycles. The summed E-state index contributed by atoms with van der Waals surface area (Å²) >= 11 is 0. The monoisotopic (exact) mass is 226 g/mol. The van der Waals surface area contributed by atoms with Crippen LogP contribution in [0.3, 0.4) is 0 Å². The van der Waals surface area contributed by atoms with Gasteiger partial charge < -0.3 is 4.74 Å². The number of hydrogen-bond acceptors (Lipinski definition) is 3. The van der Waals surface area contributed by atoms with E-state index in [2.05, 4.69) is 6.92 Å². The van der Waals surface area contributed by atoms with Gasteiger partial charge in [0.05, 0.1) is 6.61 Å². The summed E-state index contributed by atoms with van der Waals surface area (Å²) in [5.74, 6) is -0.676. The molecule has 0 heterocycles. The topological polar surface area (TPSA) is 43.4 Å². The van der Waals surface area contributed by atoms with Crippen molar-refractivity contribution >= 4 is 11.8 Å². The highest BCUT2D eigenvalue weighted by molar-refractivity contribution is 6.00. The Hall–Kier alpha value is -0.860. The van der Waals surface area contributed by atoms with Crippen molar-refractivity contribution in [2.24, 2.45) is 5.92 Å². The fourth-order valence-electron chi connectivity index (χ4n) is 2.04. The lowest BCUT2D eigenvalue weighted by molar-refractivity contribution is -0.151. The molecule has 3 heteroatoms. The van der Waals surface area contributed by atoms with Crippen LogP contribution in [0.15, 0.2) is 0 Å². The molecule has 0 saturated heterocycles. The summed E-state index contributed by atoms with van der Waals surface area (Å²) in [6, 6.07) is 0. The van der Waals surface area contributed by atoms with Gasteiger partial charge in [0.15, 0.2) is 0 Å². The normalized spacial score (nSPS) is 20.1. The van der Waals surface area contributed by atoms with E-state index in [1.54, 1.807) is 0 Å². The summed E-state index contributed by atoms with van der Waals surface area (Å²) < 4.78 is 5.12. The van der Waals surface area contributed by atoms with Crippen molar-refractivity contribution < 1.29 is 14.3 Å². The Balaban J connectivity index is 2.04. The van der Waals surface area contributed by atoms with Gasteiger partial charge in [-0.2, -0.15) is 0 Å². The second-order valence-electron chi connectivity index (χ2n) is 4.49. The summed E-state index contributed by atoms with van der Waals surface area (Å²) in [5.41, 5.74) is 0. The summed E-state index contributed by atoms with van der Waals surface area (Å²) in [7, 11) is 0. The predicted molar refractivity (Wildman–Crippen MR) is 62.1 cm³/mol. The van der Waals surface area contributed by atoms with E-state index >= 15 is 0 Å². The molecule has 3 nitrogen and oxygen atoms in total. The number of ether oxygens (including phenoxy) is 1. The third-order valence-corrected chi connectivity index (χ3v) is 3.08. The van der Waals surface area contributed by atoms with Crippen molar-refractivity contribution in [2.75, 3.05) is 6.61 Å². The minimum atomic E-state index is -0.448. The van der Waals surface area contributed by atoms with Crippen molar-refractivity contribution in [2.45, 2.75) is 58.3 Å². The standard InChI is InChI=1S/C13H22O3/c1-2-3-4-5-6-10-16-13(15)11-8-7-9-12(11)14/h11H,2-10H2,1H3. The zero-order chi connectivity index (χ0) is 11.8. The first kappa shape index (κ1) is 13.2. The van der Waals surface area contributed by atoms with Gasteiger partial charge >= 0.3 is 5.97 Å². The Morgan fingerprint density at radius 1 is 1.31 bits per heavy atom. The molecule has 0 N–H and O–H groups in total. The van der Waals surface area contributed by atoms with Crippen LogP contribution >= 0.6 is 0 Å². The molecule has 1 aliphatic rings. The minimum absolute atomic E-state index is 0.0657. The summed E-state index contributed by atoms with van der Waals surface area (Å²) in [6.45, 7) is 2.65. The smallest absolute Gasteiger partial charge is 0.316 e. The Bertz CT molecular complexity index is 235. The maximum absolute atomic E-state index is 11.5. The van der Waals surface area contributed by atoms with Gasteiger partial charge in [-0.3, -0.25) is 9.59 Å².